The highest BCUT2D eigenvalue weighted by atomic mass is 32.1. The largest absolute Gasteiger partial charge is 0.386 e. The number of hydrogen-bond donors (Lipinski definition) is 2. The minimum atomic E-state index is -0.645. The topological polar surface area (TPSA) is 49.3 Å². The van der Waals surface area contributed by atoms with Gasteiger partial charge in [-0.05, 0) is 48.1 Å². The Morgan fingerprint density at radius 2 is 2.00 bits per heavy atom. The molecule has 2 rings (SSSR count). The Kier molecular flexibility index (Phi) is 5.53. The van der Waals surface area contributed by atoms with Gasteiger partial charge >= 0.3 is 0 Å². The van der Waals surface area contributed by atoms with Crippen LogP contribution in [-0.2, 0) is 6.42 Å². The van der Waals surface area contributed by atoms with Gasteiger partial charge in [-0.25, -0.2) is 0 Å². The molecule has 2 N–H and O–H groups in total. The van der Waals surface area contributed by atoms with Crippen LogP contribution < -0.4 is 5.32 Å². The number of amides is 1. The molecule has 4 heteroatoms. The molecule has 0 spiro atoms. The number of rotatable bonds is 6. The summed E-state index contributed by atoms with van der Waals surface area (Å²) in [6, 6.07) is 9.61. The first-order valence-corrected chi connectivity index (χ1v) is 8.09. The van der Waals surface area contributed by atoms with E-state index in [2.05, 4.69) is 12.2 Å². The lowest BCUT2D eigenvalue weighted by atomic mass is 10.1. The first-order valence-electron chi connectivity index (χ1n) is 7.21. The molecule has 21 heavy (non-hydrogen) atoms. The van der Waals surface area contributed by atoms with E-state index >= 15 is 0 Å². The number of carbonyl (C=O) groups excluding carboxylic acids is 1. The lowest BCUT2D eigenvalue weighted by Gasteiger charge is -2.12. The molecule has 2 aromatic rings. The van der Waals surface area contributed by atoms with Crippen LogP contribution >= 0.6 is 11.3 Å². The van der Waals surface area contributed by atoms with Crippen LogP contribution in [0.2, 0.25) is 0 Å². The summed E-state index contributed by atoms with van der Waals surface area (Å²) in [5, 5.41) is 14.8. The number of thiophene rings is 1. The summed E-state index contributed by atoms with van der Waals surface area (Å²) >= 11 is 1.51. The van der Waals surface area contributed by atoms with Crippen molar-refractivity contribution in [2.75, 3.05) is 6.54 Å². The first-order chi connectivity index (χ1) is 10.1. The van der Waals surface area contributed by atoms with E-state index in [1.807, 2.05) is 42.6 Å². The van der Waals surface area contributed by atoms with Crippen molar-refractivity contribution in [1.29, 1.82) is 0 Å². The second-order valence-corrected chi connectivity index (χ2v) is 6.09. The molecule has 0 saturated heterocycles. The van der Waals surface area contributed by atoms with Crippen LogP contribution in [0.4, 0.5) is 0 Å². The molecule has 1 aromatic heterocycles. The predicted octanol–water partition coefficient (Wildman–Crippen LogP) is 3.47. The van der Waals surface area contributed by atoms with Gasteiger partial charge in [-0.3, -0.25) is 4.79 Å². The van der Waals surface area contributed by atoms with E-state index in [0.717, 1.165) is 23.3 Å². The van der Waals surface area contributed by atoms with Crippen LogP contribution in [0.5, 0.6) is 0 Å². The molecule has 0 saturated carbocycles. The number of hydrogen-bond acceptors (Lipinski definition) is 3. The maximum atomic E-state index is 12.1. The monoisotopic (exact) mass is 303 g/mol. The Balaban J connectivity index is 1.91. The van der Waals surface area contributed by atoms with Crippen molar-refractivity contribution in [3.8, 4) is 0 Å². The van der Waals surface area contributed by atoms with Crippen molar-refractivity contribution in [2.24, 2.45) is 0 Å². The third-order valence-corrected chi connectivity index (χ3v) is 4.54. The van der Waals surface area contributed by atoms with E-state index in [4.69, 9.17) is 0 Å². The second kappa shape index (κ2) is 7.38. The van der Waals surface area contributed by atoms with Crippen LogP contribution in [0.3, 0.4) is 0 Å². The molecule has 0 aliphatic carbocycles. The van der Waals surface area contributed by atoms with E-state index in [9.17, 15) is 9.90 Å². The van der Waals surface area contributed by atoms with E-state index in [1.165, 1.54) is 16.9 Å². The number of aliphatic hydroxyl groups excluding tert-OH is 1. The van der Waals surface area contributed by atoms with Crippen LogP contribution in [0, 0.1) is 6.92 Å². The van der Waals surface area contributed by atoms with Crippen LogP contribution in [-0.4, -0.2) is 17.6 Å². The molecule has 1 amide bonds. The highest BCUT2D eigenvalue weighted by Crippen LogP contribution is 2.23. The number of aliphatic hydroxyl groups is 1. The van der Waals surface area contributed by atoms with Crippen molar-refractivity contribution in [1.82, 2.24) is 5.32 Å². The quantitative estimate of drug-likeness (QED) is 0.858. The van der Waals surface area contributed by atoms with Gasteiger partial charge in [-0.15, -0.1) is 11.3 Å². The Morgan fingerprint density at radius 1 is 1.29 bits per heavy atom. The number of benzene rings is 1. The minimum absolute atomic E-state index is 0.147. The Morgan fingerprint density at radius 3 is 2.57 bits per heavy atom. The van der Waals surface area contributed by atoms with Gasteiger partial charge in [0, 0.05) is 17.0 Å². The number of aryl methyl sites for hydroxylation is 2. The molecule has 0 fully saturated rings. The van der Waals surface area contributed by atoms with Gasteiger partial charge in [-0.2, -0.15) is 0 Å². The average Bonchev–Trinajstić information content (AvgIpc) is 2.92. The van der Waals surface area contributed by atoms with Gasteiger partial charge in [0.25, 0.3) is 5.91 Å². The van der Waals surface area contributed by atoms with Crippen LogP contribution in [0.1, 0.15) is 45.8 Å². The summed E-state index contributed by atoms with van der Waals surface area (Å²) in [4.78, 5) is 13.0. The second-order valence-electron chi connectivity index (χ2n) is 5.14. The summed E-state index contributed by atoms with van der Waals surface area (Å²) in [7, 11) is 0. The fraction of sp³-hybridized carbons (Fsp3) is 0.353. The fourth-order valence-electron chi connectivity index (χ4n) is 2.22. The molecule has 1 aromatic carbocycles. The van der Waals surface area contributed by atoms with Gasteiger partial charge in [0.05, 0.1) is 0 Å². The van der Waals surface area contributed by atoms with Gasteiger partial charge in [0.15, 0.2) is 0 Å². The molecule has 0 bridgehead atoms. The smallest absolute Gasteiger partial charge is 0.251 e. The third kappa shape index (κ3) is 4.16. The van der Waals surface area contributed by atoms with E-state index in [-0.39, 0.29) is 12.5 Å². The van der Waals surface area contributed by atoms with Crippen molar-refractivity contribution < 1.29 is 9.90 Å². The highest BCUT2D eigenvalue weighted by molar-refractivity contribution is 7.10. The van der Waals surface area contributed by atoms with E-state index in [0.29, 0.717) is 5.56 Å². The normalized spacial score (nSPS) is 12.1. The molecular weight excluding hydrogens is 282 g/mol. The molecular formula is C17H21NO2S. The van der Waals surface area contributed by atoms with Crippen LogP contribution in [0.15, 0.2) is 35.7 Å². The molecule has 0 radical (unpaired) electrons. The molecule has 3 nitrogen and oxygen atoms in total. The minimum Gasteiger partial charge on any atom is -0.386 e. The van der Waals surface area contributed by atoms with Gasteiger partial charge in [0.2, 0.25) is 0 Å². The van der Waals surface area contributed by atoms with Crippen LogP contribution in [0.25, 0.3) is 0 Å². The molecule has 1 unspecified atom stereocenters. The summed E-state index contributed by atoms with van der Waals surface area (Å²) in [5.74, 6) is -0.147. The number of carbonyl (C=O) groups is 1. The maximum Gasteiger partial charge on any atom is 0.251 e. The van der Waals surface area contributed by atoms with Crippen molar-refractivity contribution in [2.45, 2.75) is 32.8 Å². The Labute approximate surface area is 129 Å². The lowest BCUT2D eigenvalue weighted by Crippen LogP contribution is -2.28. The lowest BCUT2D eigenvalue weighted by molar-refractivity contribution is 0.0917. The zero-order valence-electron chi connectivity index (χ0n) is 12.4. The number of nitrogens with one attached hydrogen (secondary N) is 1. The third-order valence-electron chi connectivity index (χ3n) is 3.42. The zero-order valence-corrected chi connectivity index (χ0v) is 13.2. The Hall–Kier alpha value is -1.65. The van der Waals surface area contributed by atoms with Gasteiger partial charge in [-0.1, -0.05) is 25.5 Å². The molecule has 0 aliphatic rings. The van der Waals surface area contributed by atoms with E-state index < -0.39 is 6.10 Å². The molecule has 0 aliphatic heterocycles. The average molecular weight is 303 g/mol. The Bertz CT molecular complexity index is 589. The molecule has 1 atom stereocenters. The highest BCUT2D eigenvalue weighted by Gasteiger charge is 2.13. The summed E-state index contributed by atoms with van der Waals surface area (Å²) in [6.45, 7) is 4.33. The van der Waals surface area contributed by atoms with Crippen molar-refractivity contribution in [3.05, 3.63) is 57.3 Å². The molecule has 112 valence electrons. The van der Waals surface area contributed by atoms with Crippen molar-refractivity contribution >= 4 is 17.2 Å². The summed E-state index contributed by atoms with van der Waals surface area (Å²) < 4.78 is 0. The SMILES string of the molecule is CCCc1ccc(C(=O)NCC(O)c2sccc2C)cc1. The van der Waals surface area contributed by atoms with Gasteiger partial charge < -0.3 is 10.4 Å². The standard InChI is InChI=1S/C17H21NO2S/c1-3-4-13-5-7-14(8-6-13)17(20)18-11-15(19)16-12(2)9-10-21-16/h5-10,15,19H,3-4,11H2,1-2H3,(H,18,20). The fourth-order valence-corrected chi connectivity index (χ4v) is 3.13. The predicted molar refractivity (Wildman–Crippen MR) is 86.8 cm³/mol. The summed E-state index contributed by atoms with van der Waals surface area (Å²) in [5.41, 5.74) is 2.93. The summed E-state index contributed by atoms with van der Waals surface area (Å²) in [6.07, 6.45) is 1.48. The van der Waals surface area contributed by atoms with Crippen molar-refractivity contribution in [3.63, 3.8) is 0 Å². The maximum absolute atomic E-state index is 12.1. The first kappa shape index (κ1) is 15.7. The van der Waals surface area contributed by atoms with E-state index in [1.54, 1.807) is 0 Å². The molecule has 1 heterocycles. The van der Waals surface area contributed by atoms with Gasteiger partial charge in [0.1, 0.15) is 6.10 Å². The zero-order chi connectivity index (χ0) is 15.2.